The van der Waals surface area contributed by atoms with E-state index in [2.05, 4.69) is 0 Å². The number of likely N-dealkylation sites (tertiary alicyclic amines) is 1. The molecule has 1 aliphatic carbocycles. The molecule has 1 saturated carbocycles. The second-order valence-electron chi connectivity index (χ2n) is 6.61. The van der Waals surface area contributed by atoms with Gasteiger partial charge in [-0.2, -0.15) is 5.26 Å². The van der Waals surface area contributed by atoms with Crippen molar-refractivity contribution >= 4 is 5.91 Å². The van der Waals surface area contributed by atoms with Crippen molar-refractivity contribution < 1.29 is 13.6 Å². The Kier molecular flexibility index (Phi) is 4.07. The summed E-state index contributed by atoms with van der Waals surface area (Å²) < 4.78 is 26.5. The van der Waals surface area contributed by atoms with Crippen LogP contribution in [0.4, 0.5) is 8.78 Å². The van der Waals surface area contributed by atoms with Gasteiger partial charge < -0.3 is 10.6 Å². The maximum atomic E-state index is 13.5. The molecule has 0 unspecified atom stereocenters. The molecule has 0 radical (unpaired) electrons. The lowest BCUT2D eigenvalue weighted by atomic mass is 9.88. The van der Waals surface area contributed by atoms with Crippen LogP contribution in [0, 0.1) is 22.6 Å². The van der Waals surface area contributed by atoms with Gasteiger partial charge in [0, 0.05) is 6.42 Å². The van der Waals surface area contributed by atoms with Gasteiger partial charge in [0.1, 0.15) is 18.0 Å². The van der Waals surface area contributed by atoms with Crippen LogP contribution in [-0.2, 0) is 11.2 Å². The molecule has 3 atom stereocenters. The number of nitrogens with two attached hydrogens (primary N) is 1. The molecule has 0 spiro atoms. The molecular formula is C17H19F2N3O. The number of hydrogen-bond donors (Lipinski definition) is 1. The standard InChI is InChI=1S/C17H19F2N3O/c18-12-3-1-11(2-4-12)8-17(5-6-17)15(21)16(23)22-10-13(19)7-14(22)9-20/h1-4,13-15H,5-8,10,21H2/t13-,14-,15+/m0/s1. The number of halogens is 2. The third-order valence-corrected chi connectivity index (χ3v) is 4.97. The molecule has 1 aromatic rings. The Balaban J connectivity index is 1.71. The Bertz CT molecular complexity index is 636. The number of nitriles is 1. The smallest absolute Gasteiger partial charge is 0.241 e. The first kappa shape index (κ1) is 15.9. The SMILES string of the molecule is N#C[C@@H]1C[C@H](F)CN1C(=O)[C@@H](N)C1(Cc2ccc(F)cc2)CC1. The minimum absolute atomic E-state index is 0.0555. The van der Waals surface area contributed by atoms with E-state index in [4.69, 9.17) is 11.0 Å². The Labute approximate surface area is 133 Å². The maximum Gasteiger partial charge on any atom is 0.241 e. The molecule has 0 aromatic heterocycles. The van der Waals surface area contributed by atoms with Gasteiger partial charge >= 0.3 is 0 Å². The van der Waals surface area contributed by atoms with E-state index >= 15 is 0 Å². The summed E-state index contributed by atoms with van der Waals surface area (Å²) in [5.41, 5.74) is 6.75. The Hall–Kier alpha value is -2.00. The molecule has 3 rings (SSSR count). The summed E-state index contributed by atoms with van der Waals surface area (Å²) in [6.07, 6.45) is 1.09. The van der Waals surface area contributed by atoms with Gasteiger partial charge in [0.25, 0.3) is 0 Å². The van der Waals surface area contributed by atoms with Gasteiger partial charge in [-0.3, -0.25) is 4.79 Å². The van der Waals surface area contributed by atoms with Crippen molar-refractivity contribution in [2.24, 2.45) is 11.1 Å². The number of benzene rings is 1. The van der Waals surface area contributed by atoms with E-state index < -0.39 is 18.3 Å². The fraction of sp³-hybridized carbons (Fsp3) is 0.529. The number of alkyl halides is 1. The van der Waals surface area contributed by atoms with Gasteiger partial charge in [0.2, 0.25) is 5.91 Å². The van der Waals surface area contributed by atoms with E-state index in [-0.39, 0.29) is 30.1 Å². The molecule has 2 fully saturated rings. The van der Waals surface area contributed by atoms with E-state index in [0.717, 1.165) is 18.4 Å². The first-order valence-electron chi connectivity index (χ1n) is 7.79. The summed E-state index contributed by atoms with van der Waals surface area (Å²) in [5, 5.41) is 9.08. The summed E-state index contributed by atoms with van der Waals surface area (Å²) in [5.74, 6) is -0.654. The van der Waals surface area contributed by atoms with Crippen LogP contribution in [0.2, 0.25) is 0 Å². The summed E-state index contributed by atoms with van der Waals surface area (Å²) in [6, 6.07) is 6.65. The summed E-state index contributed by atoms with van der Waals surface area (Å²) >= 11 is 0. The van der Waals surface area contributed by atoms with Gasteiger partial charge in [-0.05, 0) is 42.4 Å². The van der Waals surface area contributed by atoms with Crippen molar-refractivity contribution in [2.75, 3.05) is 6.54 Å². The number of amides is 1. The normalized spacial score (nSPS) is 26.6. The fourth-order valence-electron chi connectivity index (χ4n) is 3.36. The summed E-state index contributed by atoms with van der Waals surface area (Å²) in [4.78, 5) is 13.9. The average molecular weight is 319 g/mol. The largest absolute Gasteiger partial charge is 0.322 e. The lowest BCUT2D eigenvalue weighted by Gasteiger charge is -2.28. The van der Waals surface area contributed by atoms with E-state index in [1.165, 1.54) is 17.0 Å². The quantitative estimate of drug-likeness (QED) is 0.922. The lowest BCUT2D eigenvalue weighted by molar-refractivity contribution is -0.134. The zero-order chi connectivity index (χ0) is 16.6. The third-order valence-electron chi connectivity index (χ3n) is 4.97. The number of hydrogen-bond acceptors (Lipinski definition) is 3. The van der Waals surface area contributed by atoms with Crippen molar-refractivity contribution in [1.82, 2.24) is 4.90 Å². The van der Waals surface area contributed by atoms with Crippen LogP contribution in [0.5, 0.6) is 0 Å². The zero-order valence-corrected chi connectivity index (χ0v) is 12.7. The summed E-state index contributed by atoms with van der Waals surface area (Å²) in [6.45, 7) is -0.0581. The zero-order valence-electron chi connectivity index (χ0n) is 12.7. The molecule has 2 aliphatic rings. The van der Waals surface area contributed by atoms with Crippen LogP contribution >= 0.6 is 0 Å². The van der Waals surface area contributed by atoms with Crippen molar-refractivity contribution in [3.63, 3.8) is 0 Å². The number of nitrogens with zero attached hydrogens (tertiary/aromatic N) is 2. The monoisotopic (exact) mass is 319 g/mol. The highest BCUT2D eigenvalue weighted by Crippen LogP contribution is 2.51. The van der Waals surface area contributed by atoms with E-state index in [1.807, 2.05) is 6.07 Å². The molecule has 122 valence electrons. The van der Waals surface area contributed by atoms with Crippen LogP contribution in [0.15, 0.2) is 24.3 Å². The van der Waals surface area contributed by atoms with Gasteiger partial charge in [-0.25, -0.2) is 8.78 Å². The van der Waals surface area contributed by atoms with Crippen LogP contribution < -0.4 is 5.73 Å². The molecule has 1 aliphatic heterocycles. The third kappa shape index (κ3) is 3.06. The van der Waals surface area contributed by atoms with E-state index in [0.29, 0.717) is 6.42 Å². The second-order valence-corrected chi connectivity index (χ2v) is 6.61. The number of carbonyl (C=O) groups excluding carboxylic acids is 1. The number of rotatable bonds is 4. The van der Waals surface area contributed by atoms with Gasteiger partial charge in [-0.15, -0.1) is 0 Å². The predicted molar refractivity (Wildman–Crippen MR) is 80.4 cm³/mol. The molecular weight excluding hydrogens is 300 g/mol. The van der Waals surface area contributed by atoms with E-state index in [9.17, 15) is 13.6 Å². The van der Waals surface area contributed by atoms with E-state index in [1.54, 1.807) is 12.1 Å². The number of carbonyl (C=O) groups is 1. The van der Waals surface area contributed by atoms with Crippen LogP contribution in [0.1, 0.15) is 24.8 Å². The molecule has 0 bridgehead atoms. The molecule has 1 saturated heterocycles. The van der Waals surface area contributed by atoms with Gasteiger partial charge in [-0.1, -0.05) is 12.1 Å². The minimum Gasteiger partial charge on any atom is -0.322 e. The highest BCUT2D eigenvalue weighted by Gasteiger charge is 2.52. The Morgan fingerprint density at radius 2 is 2.09 bits per heavy atom. The first-order chi connectivity index (χ1) is 10.9. The highest BCUT2D eigenvalue weighted by atomic mass is 19.1. The van der Waals surface area contributed by atoms with Crippen molar-refractivity contribution in [2.45, 2.75) is 43.9 Å². The minimum atomic E-state index is -1.16. The molecule has 6 heteroatoms. The maximum absolute atomic E-state index is 13.5. The average Bonchev–Trinajstić information content (AvgIpc) is 3.22. The molecule has 2 N–H and O–H groups in total. The molecule has 4 nitrogen and oxygen atoms in total. The first-order valence-corrected chi connectivity index (χ1v) is 7.79. The van der Waals surface area contributed by atoms with Crippen LogP contribution in [0.3, 0.4) is 0 Å². The molecule has 1 aromatic carbocycles. The second kappa shape index (κ2) is 5.89. The fourth-order valence-corrected chi connectivity index (χ4v) is 3.36. The summed E-state index contributed by atoms with van der Waals surface area (Å²) in [7, 11) is 0. The van der Waals surface area contributed by atoms with Crippen LogP contribution in [-0.4, -0.2) is 35.6 Å². The topological polar surface area (TPSA) is 70.1 Å². The molecule has 23 heavy (non-hydrogen) atoms. The van der Waals surface area contributed by atoms with Crippen molar-refractivity contribution in [3.05, 3.63) is 35.6 Å². The van der Waals surface area contributed by atoms with Gasteiger partial charge in [0.05, 0.1) is 18.7 Å². The van der Waals surface area contributed by atoms with Crippen LogP contribution in [0.25, 0.3) is 0 Å². The predicted octanol–water partition coefficient (Wildman–Crippen LogP) is 1.94. The van der Waals surface area contributed by atoms with Crippen molar-refractivity contribution in [3.8, 4) is 6.07 Å². The Morgan fingerprint density at radius 3 is 2.65 bits per heavy atom. The molecule has 1 heterocycles. The highest BCUT2D eigenvalue weighted by molar-refractivity contribution is 5.84. The lowest BCUT2D eigenvalue weighted by Crippen LogP contribution is -2.50. The van der Waals surface area contributed by atoms with Crippen molar-refractivity contribution in [1.29, 1.82) is 5.26 Å². The molecule has 1 amide bonds. The van der Waals surface area contributed by atoms with Gasteiger partial charge in [0.15, 0.2) is 0 Å². The Morgan fingerprint density at radius 1 is 1.43 bits per heavy atom.